The molecule has 0 saturated carbocycles. The molecule has 6 heteroatoms. The third kappa shape index (κ3) is 3.46. The number of alkyl halides is 3. The maximum atomic E-state index is 12.5. The molecule has 1 heterocycles. The summed E-state index contributed by atoms with van der Waals surface area (Å²) in [6.45, 7) is 1.59. The van der Waals surface area contributed by atoms with E-state index in [1.165, 1.54) is 18.4 Å². The van der Waals surface area contributed by atoms with Crippen molar-refractivity contribution in [3.05, 3.63) is 59.5 Å². The van der Waals surface area contributed by atoms with E-state index in [0.717, 1.165) is 12.1 Å². The average molecular weight is 300 g/mol. The Bertz CT molecular complexity index is 561. The maximum Gasteiger partial charge on any atom is 0.416 e. The molecular formula is C15H15F3O3. The van der Waals surface area contributed by atoms with Crippen LogP contribution >= 0.6 is 0 Å². The summed E-state index contributed by atoms with van der Waals surface area (Å²) in [6.07, 6.45) is -5.16. The molecule has 0 saturated heterocycles. The zero-order chi connectivity index (χ0) is 15.6. The Balaban J connectivity index is 2.14. The van der Waals surface area contributed by atoms with E-state index < -0.39 is 29.9 Å². The fourth-order valence-corrected chi connectivity index (χ4v) is 2.06. The molecule has 0 radical (unpaired) electrons. The standard InChI is InChI=1S/C15H15F3O3/c1-9(14(20)12-3-2-8-21-12)13(19)10-4-6-11(7-5-10)15(16,17)18/h2-9,13-14,19-20H,1H3/t9-,13-,14-/m0/s1. The quantitative estimate of drug-likeness (QED) is 0.905. The van der Waals surface area contributed by atoms with Crippen LogP contribution in [0.2, 0.25) is 0 Å². The molecule has 1 aromatic carbocycles. The highest BCUT2D eigenvalue weighted by molar-refractivity contribution is 5.26. The number of aliphatic hydroxyl groups excluding tert-OH is 2. The zero-order valence-corrected chi connectivity index (χ0v) is 11.2. The third-order valence-electron chi connectivity index (χ3n) is 3.41. The van der Waals surface area contributed by atoms with Crippen molar-refractivity contribution in [2.75, 3.05) is 0 Å². The Kier molecular flexibility index (Phi) is 4.39. The summed E-state index contributed by atoms with van der Waals surface area (Å²) in [7, 11) is 0. The lowest BCUT2D eigenvalue weighted by molar-refractivity contribution is -0.137. The monoisotopic (exact) mass is 300 g/mol. The highest BCUT2D eigenvalue weighted by atomic mass is 19.4. The first-order valence-electron chi connectivity index (χ1n) is 6.37. The van der Waals surface area contributed by atoms with E-state index >= 15 is 0 Å². The second-order valence-corrected chi connectivity index (χ2v) is 4.88. The number of halogens is 3. The Morgan fingerprint density at radius 2 is 1.62 bits per heavy atom. The number of aliphatic hydroxyl groups is 2. The molecule has 114 valence electrons. The molecule has 0 spiro atoms. The van der Waals surface area contributed by atoms with E-state index in [1.54, 1.807) is 19.1 Å². The minimum atomic E-state index is -4.41. The number of furan rings is 1. The van der Waals surface area contributed by atoms with E-state index in [9.17, 15) is 23.4 Å². The summed E-state index contributed by atoms with van der Waals surface area (Å²) in [5.41, 5.74) is -0.473. The molecule has 3 nitrogen and oxygen atoms in total. The van der Waals surface area contributed by atoms with Gasteiger partial charge in [0.1, 0.15) is 11.9 Å². The topological polar surface area (TPSA) is 53.6 Å². The van der Waals surface area contributed by atoms with Gasteiger partial charge in [0.25, 0.3) is 0 Å². The van der Waals surface area contributed by atoms with Gasteiger partial charge in [-0.3, -0.25) is 0 Å². The largest absolute Gasteiger partial charge is 0.467 e. The van der Waals surface area contributed by atoms with Crippen LogP contribution in [-0.2, 0) is 6.18 Å². The van der Waals surface area contributed by atoms with Crippen molar-refractivity contribution >= 4 is 0 Å². The van der Waals surface area contributed by atoms with Gasteiger partial charge in [0.2, 0.25) is 0 Å². The minimum absolute atomic E-state index is 0.300. The molecule has 3 atom stereocenters. The number of hydrogen-bond donors (Lipinski definition) is 2. The van der Waals surface area contributed by atoms with Crippen molar-refractivity contribution in [1.29, 1.82) is 0 Å². The van der Waals surface area contributed by atoms with Crippen LogP contribution in [0.3, 0.4) is 0 Å². The highest BCUT2D eigenvalue weighted by Crippen LogP contribution is 2.34. The van der Waals surface area contributed by atoms with Crippen molar-refractivity contribution < 1.29 is 27.8 Å². The van der Waals surface area contributed by atoms with E-state index in [1.807, 2.05) is 0 Å². The van der Waals surface area contributed by atoms with Crippen LogP contribution in [0, 0.1) is 5.92 Å². The van der Waals surface area contributed by atoms with Gasteiger partial charge in [0, 0.05) is 5.92 Å². The van der Waals surface area contributed by atoms with Gasteiger partial charge in [0.05, 0.1) is 17.9 Å². The van der Waals surface area contributed by atoms with Crippen molar-refractivity contribution in [2.24, 2.45) is 5.92 Å². The number of hydrogen-bond acceptors (Lipinski definition) is 3. The predicted octanol–water partition coefficient (Wildman–Crippen LogP) is 3.70. The van der Waals surface area contributed by atoms with Gasteiger partial charge >= 0.3 is 6.18 Å². The zero-order valence-electron chi connectivity index (χ0n) is 11.2. The van der Waals surface area contributed by atoms with Crippen LogP contribution in [0.1, 0.15) is 36.0 Å². The maximum absolute atomic E-state index is 12.5. The summed E-state index contributed by atoms with van der Waals surface area (Å²) < 4.78 is 42.5. The Labute approximate surface area is 119 Å². The second kappa shape index (κ2) is 5.91. The molecule has 2 aromatic rings. The van der Waals surface area contributed by atoms with Crippen molar-refractivity contribution in [1.82, 2.24) is 0 Å². The van der Waals surface area contributed by atoms with Crippen molar-refractivity contribution in [3.63, 3.8) is 0 Å². The van der Waals surface area contributed by atoms with E-state index in [-0.39, 0.29) is 0 Å². The van der Waals surface area contributed by atoms with Gasteiger partial charge in [-0.2, -0.15) is 13.2 Å². The first-order valence-corrected chi connectivity index (χ1v) is 6.37. The van der Waals surface area contributed by atoms with Gasteiger partial charge in [-0.15, -0.1) is 0 Å². The molecule has 0 aliphatic heterocycles. The Morgan fingerprint density at radius 3 is 2.10 bits per heavy atom. The molecule has 2 rings (SSSR count). The molecule has 0 unspecified atom stereocenters. The van der Waals surface area contributed by atoms with Crippen LogP contribution in [0.25, 0.3) is 0 Å². The molecule has 0 aliphatic carbocycles. The molecular weight excluding hydrogens is 285 g/mol. The fourth-order valence-electron chi connectivity index (χ4n) is 2.06. The van der Waals surface area contributed by atoms with Crippen LogP contribution in [0.15, 0.2) is 47.1 Å². The predicted molar refractivity (Wildman–Crippen MR) is 69.2 cm³/mol. The lowest BCUT2D eigenvalue weighted by Gasteiger charge is -2.23. The lowest BCUT2D eigenvalue weighted by Crippen LogP contribution is -2.17. The Hall–Kier alpha value is -1.79. The molecule has 0 fully saturated rings. The Morgan fingerprint density at radius 1 is 1.00 bits per heavy atom. The van der Waals surface area contributed by atoms with Gasteiger partial charge in [-0.25, -0.2) is 0 Å². The van der Waals surface area contributed by atoms with Gasteiger partial charge in [-0.1, -0.05) is 19.1 Å². The van der Waals surface area contributed by atoms with E-state index in [4.69, 9.17) is 4.42 Å². The first kappa shape index (κ1) is 15.6. The first-order chi connectivity index (χ1) is 9.80. The van der Waals surface area contributed by atoms with Gasteiger partial charge in [0.15, 0.2) is 0 Å². The average Bonchev–Trinajstić information content (AvgIpc) is 2.98. The van der Waals surface area contributed by atoms with Crippen molar-refractivity contribution in [3.8, 4) is 0 Å². The SMILES string of the molecule is C[C@@H]([C@H](O)c1ccc(C(F)(F)F)cc1)[C@H](O)c1ccco1. The summed E-state index contributed by atoms with van der Waals surface area (Å²) in [5.74, 6) is -0.332. The van der Waals surface area contributed by atoms with Gasteiger partial charge in [-0.05, 0) is 29.8 Å². The molecule has 1 aromatic heterocycles. The molecule has 0 aliphatic rings. The minimum Gasteiger partial charge on any atom is -0.467 e. The molecule has 0 bridgehead atoms. The fraction of sp³-hybridized carbons (Fsp3) is 0.333. The molecule has 2 N–H and O–H groups in total. The van der Waals surface area contributed by atoms with Gasteiger partial charge < -0.3 is 14.6 Å². The summed E-state index contributed by atoms with van der Waals surface area (Å²) >= 11 is 0. The third-order valence-corrected chi connectivity index (χ3v) is 3.41. The highest BCUT2D eigenvalue weighted by Gasteiger charge is 2.31. The number of rotatable bonds is 4. The summed E-state index contributed by atoms with van der Waals surface area (Å²) in [6, 6.07) is 7.41. The molecule has 21 heavy (non-hydrogen) atoms. The lowest BCUT2D eigenvalue weighted by atomic mass is 9.91. The number of benzene rings is 1. The van der Waals surface area contributed by atoms with E-state index in [0.29, 0.717) is 11.3 Å². The second-order valence-electron chi connectivity index (χ2n) is 4.88. The normalized spacial score (nSPS) is 16.5. The van der Waals surface area contributed by atoms with Crippen LogP contribution in [0.4, 0.5) is 13.2 Å². The summed E-state index contributed by atoms with van der Waals surface area (Å²) in [4.78, 5) is 0. The van der Waals surface area contributed by atoms with Crippen LogP contribution in [0.5, 0.6) is 0 Å². The van der Waals surface area contributed by atoms with Crippen LogP contribution < -0.4 is 0 Å². The van der Waals surface area contributed by atoms with Crippen LogP contribution in [-0.4, -0.2) is 10.2 Å². The van der Waals surface area contributed by atoms with E-state index in [2.05, 4.69) is 0 Å². The smallest absolute Gasteiger partial charge is 0.416 e. The summed E-state index contributed by atoms with van der Waals surface area (Å²) in [5, 5.41) is 20.2. The van der Waals surface area contributed by atoms with Crippen molar-refractivity contribution in [2.45, 2.75) is 25.3 Å². The molecule has 0 amide bonds.